The lowest BCUT2D eigenvalue weighted by Crippen LogP contribution is -2.11. The van der Waals surface area contributed by atoms with E-state index in [0.29, 0.717) is 6.42 Å². The molecule has 62 valence electrons. The maximum atomic E-state index is 10.3. The minimum atomic E-state index is -0.235. The summed E-state index contributed by atoms with van der Waals surface area (Å²) in [4.78, 5) is 14.6. The number of carbonyl (C=O) groups is 1. The van der Waals surface area contributed by atoms with Crippen molar-refractivity contribution < 1.29 is 4.79 Å². The average molecular weight is 190 g/mol. The fourth-order valence-electron chi connectivity index (χ4n) is 0.642. The molecule has 0 spiro atoms. The van der Waals surface area contributed by atoms with E-state index in [-0.39, 0.29) is 5.91 Å². The Labute approximate surface area is 74.2 Å². The molecular formula is C6H10N2OS2. The predicted octanol–water partition coefficient (Wildman–Crippen LogP) is 0.698. The summed E-state index contributed by atoms with van der Waals surface area (Å²) in [6, 6.07) is 0. The summed E-state index contributed by atoms with van der Waals surface area (Å²) in [5.74, 6) is 1.61. The molecule has 0 aromatic rings. The average Bonchev–Trinajstić information content (AvgIpc) is 2.39. The van der Waals surface area contributed by atoms with Crippen molar-refractivity contribution >= 4 is 33.8 Å². The molecule has 0 saturated heterocycles. The zero-order chi connectivity index (χ0) is 8.10. The molecule has 11 heavy (non-hydrogen) atoms. The second-order valence-electron chi connectivity index (χ2n) is 2.06. The molecule has 1 aliphatic rings. The van der Waals surface area contributed by atoms with E-state index in [2.05, 4.69) is 4.99 Å². The zero-order valence-electron chi connectivity index (χ0n) is 6.08. The van der Waals surface area contributed by atoms with Gasteiger partial charge in [-0.25, -0.2) is 0 Å². The van der Waals surface area contributed by atoms with Crippen LogP contribution in [0.15, 0.2) is 4.99 Å². The molecule has 0 radical (unpaired) electrons. The number of aliphatic imine (C=N–C) groups is 1. The van der Waals surface area contributed by atoms with E-state index in [1.807, 2.05) is 0 Å². The normalized spacial score (nSPS) is 16.5. The number of amides is 1. The van der Waals surface area contributed by atoms with E-state index in [1.54, 1.807) is 23.5 Å². The van der Waals surface area contributed by atoms with Crippen LogP contribution in [0.3, 0.4) is 0 Å². The summed E-state index contributed by atoms with van der Waals surface area (Å²) in [6.45, 7) is 0.920. The Morgan fingerprint density at radius 2 is 2.64 bits per heavy atom. The third-order valence-corrected chi connectivity index (χ3v) is 3.39. The molecule has 0 atom stereocenters. The van der Waals surface area contributed by atoms with Crippen molar-refractivity contribution in [2.45, 2.75) is 6.42 Å². The third-order valence-electron chi connectivity index (χ3n) is 1.13. The highest BCUT2D eigenvalue weighted by molar-refractivity contribution is 8.39. The van der Waals surface area contributed by atoms with Gasteiger partial charge in [0.15, 0.2) is 0 Å². The molecule has 1 aliphatic heterocycles. The van der Waals surface area contributed by atoms with Crippen molar-refractivity contribution in [3.63, 3.8) is 0 Å². The van der Waals surface area contributed by atoms with Crippen LogP contribution >= 0.6 is 23.5 Å². The summed E-state index contributed by atoms with van der Waals surface area (Å²) in [5, 5.41) is 0. The first-order valence-electron chi connectivity index (χ1n) is 3.37. The van der Waals surface area contributed by atoms with Gasteiger partial charge in [0.05, 0.1) is 6.54 Å². The van der Waals surface area contributed by atoms with Gasteiger partial charge in [0.25, 0.3) is 0 Å². The Balaban J connectivity index is 2.07. The van der Waals surface area contributed by atoms with Gasteiger partial charge >= 0.3 is 0 Å². The quantitative estimate of drug-likeness (QED) is 0.712. The second kappa shape index (κ2) is 4.66. The van der Waals surface area contributed by atoms with E-state index in [1.165, 1.54) is 0 Å². The van der Waals surface area contributed by atoms with Crippen LogP contribution in [0.4, 0.5) is 0 Å². The molecule has 0 unspecified atom stereocenters. The van der Waals surface area contributed by atoms with E-state index >= 15 is 0 Å². The lowest BCUT2D eigenvalue weighted by atomic mass is 10.5. The topological polar surface area (TPSA) is 55.5 Å². The molecule has 5 heteroatoms. The summed E-state index contributed by atoms with van der Waals surface area (Å²) < 4.78 is 1.10. The van der Waals surface area contributed by atoms with Crippen LogP contribution in [0, 0.1) is 0 Å². The Kier molecular flexibility index (Phi) is 3.79. The summed E-state index contributed by atoms with van der Waals surface area (Å²) in [6.07, 6.45) is 0.449. The number of nitrogens with zero attached hydrogens (tertiary/aromatic N) is 1. The molecule has 3 nitrogen and oxygen atoms in total. The van der Waals surface area contributed by atoms with Crippen LogP contribution < -0.4 is 5.73 Å². The molecule has 2 N–H and O–H groups in total. The summed E-state index contributed by atoms with van der Waals surface area (Å²) in [7, 11) is 0. The van der Waals surface area contributed by atoms with Crippen molar-refractivity contribution in [1.29, 1.82) is 0 Å². The van der Waals surface area contributed by atoms with Gasteiger partial charge < -0.3 is 5.73 Å². The monoisotopic (exact) mass is 190 g/mol. The zero-order valence-corrected chi connectivity index (χ0v) is 7.71. The Morgan fingerprint density at radius 3 is 3.18 bits per heavy atom. The first-order chi connectivity index (χ1) is 5.29. The minimum absolute atomic E-state index is 0.235. The number of hydrogen-bond donors (Lipinski definition) is 1. The number of primary amides is 1. The van der Waals surface area contributed by atoms with Gasteiger partial charge in [-0.3, -0.25) is 9.79 Å². The molecule has 0 aliphatic carbocycles. The molecule has 1 heterocycles. The number of nitrogens with two attached hydrogens (primary N) is 1. The molecule has 0 bridgehead atoms. The number of carbonyl (C=O) groups excluding carboxylic acids is 1. The van der Waals surface area contributed by atoms with Crippen molar-refractivity contribution in [3.8, 4) is 0 Å². The van der Waals surface area contributed by atoms with Gasteiger partial charge in [0, 0.05) is 17.9 Å². The maximum absolute atomic E-state index is 10.3. The molecule has 0 aromatic carbocycles. The van der Waals surface area contributed by atoms with Gasteiger partial charge in [-0.2, -0.15) is 0 Å². The van der Waals surface area contributed by atoms with Crippen molar-refractivity contribution in [2.24, 2.45) is 10.7 Å². The van der Waals surface area contributed by atoms with Crippen LogP contribution in [-0.4, -0.2) is 28.3 Å². The number of rotatable bonds is 3. The number of thioether (sulfide) groups is 2. The fraction of sp³-hybridized carbons (Fsp3) is 0.667. The standard InChI is InChI=1S/C6H10N2OS2/c7-5(9)1-3-10-6-8-2-4-11-6/h1-4H2,(H2,7,9). The van der Waals surface area contributed by atoms with Crippen molar-refractivity contribution in [1.82, 2.24) is 0 Å². The maximum Gasteiger partial charge on any atom is 0.218 e. The van der Waals surface area contributed by atoms with Crippen LogP contribution in [0.1, 0.15) is 6.42 Å². The Morgan fingerprint density at radius 1 is 1.82 bits per heavy atom. The van der Waals surface area contributed by atoms with Gasteiger partial charge in [-0.05, 0) is 0 Å². The van der Waals surface area contributed by atoms with E-state index in [9.17, 15) is 4.79 Å². The molecule has 0 aromatic heterocycles. The lowest BCUT2D eigenvalue weighted by Gasteiger charge is -1.95. The Hall–Kier alpha value is -0.160. The SMILES string of the molecule is NC(=O)CCSC1=NCCS1. The largest absolute Gasteiger partial charge is 0.370 e. The van der Waals surface area contributed by atoms with Gasteiger partial charge in [0.1, 0.15) is 4.38 Å². The van der Waals surface area contributed by atoms with Gasteiger partial charge in [0.2, 0.25) is 5.91 Å². The highest BCUT2D eigenvalue weighted by Gasteiger charge is 2.07. The predicted molar refractivity (Wildman–Crippen MR) is 51.0 cm³/mol. The highest BCUT2D eigenvalue weighted by atomic mass is 32.2. The third kappa shape index (κ3) is 3.67. The highest BCUT2D eigenvalue weighted by Crippen LogP contribution is 2.22. The summed E-state index contributed by atoms with van der Waals surface area (Å²) >= 11 is 3.38. The Bertz CT molecular complexity index is 181. The number of hydrogen-bond acceptors (Lipinski definition) is 4. The van der Waals surface area contributed by atoms with E-state index in [4.69, 9.17) is 5.73 Å². The first-order valence-corrected chi connectivity index (χ1v) is 5.34. The lowest BCUT2D eigenvalue weighted by molar-refractivity contribution is -0.117. The van der Waals surface area contributed by atoms with E-state index < -0.39 is 0 Å². The van der Waals surface area contributed by atoms with Crippen LogP contribution in [-0.2, 0) is 4.79 Å². The molecule has 1 amide bonds. The van der Waals surface area contributed by atoms with Gasteiger partial charge in [-0.15, -0.1) is 0 Å². The fourth-order valence-corrected chi connectivity index (χ4v) is 2.68. The smallest absolute Gasteiger partial charge is 0.218 e. The van der Waals surface area contributed by atoms with Crippen molar-refractivity contribution in [3.05, 3.63) is 0 Å². The van der Waals surface area contributed by atoms with E-state index in [0.717, 1.165) is 22.4 Å². The second-order valence-corrected chi connectivity index (χ2v) is 4.49. The summed E-state index contributed by atoms with van der Waals surface area (Å²) in [5.41, 5.74) is 4.98. The van der Waals surface area contributed by atoms with Crippen LogP contribution in [0.5, 0.6) is 0 Å². The van der Waals surface area contributed by atoms with Crippen molar-refractivity contribution in [2.75, 3.05) is 18.1 Å². The van der Waals surface area contributed by atoms with Crippen LogP contribution in [0.2, 0.25) is 0 Å². The minimum Gasteiger partial charge on any atom is -0.370 e. The molecule has 0 fully saturated rings. The molecular weight excluding hydrogens is 180 g/mol. The molecule has 1 rings (SSSR count). The van der Waals surface area contributed by atoms with Crippen LogP contribution in [0.25, 0.3) is 0 Å². The molecule has 0 saturated carbocycles. The first kappa shape index (κ1) is 8.93. The van der Waals surface area contributed by atoms with Gasteiger partial charge in [-0.1, -0.05) is 23.5 Å².